The van der Waals surface area contributed by atoms with Crippen LogP contribution in [0.15, 0.2) is 42.5 Å². The number of carboxylic acid groups (broad SMARTS) is 2. The van der Waals surface area contributed by atoms with Crippen LogP contribution < -0.4 is 9.47 Å². The highest BCUT2D eigenvalue weighted by Crippen LogP contribution is 2.24. The minimum absolute atomic E-state index is 0.222. The second kappa shape index (κ2) is 8.01. The molecule has 2 aromatic rings. The highest BCUT2D eigenvalue weighted by molar-refractivity contribution is 5.99. The molecule has 0 heterocycles. The average Bonchev–Trinajstić information content (AvgIpc) is 2.60. The quantitative estimate of drug-likeness (QED) is 0.593. The van der Waals surface area contributed by atoms with Gasteiger partial charge in [0.2, 0.25) is 0 Å². The van der Waals surface area contributed by atoms with Crippen LogP contribution in [-0.4, -0.2) is 36.4 Å². The van der Waals surface area contributed by atoms with Gasteiger partial charge in [0, 0.05) is 6.07 Å². The smallest absolute Gasteiger partial charge is 0.322 e. The van der Waals surface area contributed by atoms with Gasteiger partial charge in [-0.3, -0.25) is 9.59 Å². The molecule has 0 aliphatic rings. The van der Waals surface area contributed by atoms with Crippen molar-refractivity contribution in [1.82, 2.24) is 0 Å². The number of carboxylic acids is 2. The molecule has 0 spiro atoms. The first-order valence-corrected chi connectivity index (χ1v) is 7.41. The highest BCUT2D eigenvalue weighted by Gasteiger charge is 2.27. The Kier molecular flexibility index (Phi) is 5.79. The summed E-state index contributed by atoms with van der Waals surface area (Å²) >= 11 is 0. The number of benzene rings is 2. The monoisotopic (exact) mass is 342 g/mol. The zero-order valence-electron chi connectivity index (χ0n) is 13.8. The van der Waals surface area contributed by atoms with Crippen molar-refractivity contribution >= 4 is 24.1 Å². The van der Waals surface area contributed by atoms with Gasteiger partial charge in [0.15, 0.2) is 5.92 Å². The van der Waals surface area contributed by atoms with Crippen LogP contribution in [0.5, 0.6) is 11.5 Å². The molecule has 6 nitrogen and oxygen atoms in total. The Morgan fingerprint density at radius 1 is 0.840 bits per heavy atom. The Labute approximate surface area is 144 Å². The largest absolute Gasteiger partial charge is 0.497 e. The van der Waals surface area contributed by atoms with Crippen molar-refractivity contribution < 1.29 is 29.3 Å². The fourth-order valence-corrected chi connectivity index (χ4v) is 2.31. The molecule has 2 aromatic carbocycles. The number of rotatable bonds is 7. The van der Waals surface area contributed by atoms with Crippen LogP contribution in [-0.2, 0) is 9.59 Å². The highest BCUT2D eigenvalue weighted by atomic mass is 16.5. The SMILES string of the molecule is COc1cc(C=Cc2ccc(C(C(=O)O)C(=O)O)cc2)cc(OC)c1. The summed E-state index contributed by atoms with van der Waals surface area (Å²) in [4.78, 5) is 22.1. The second-order valence-electron chi connectivity index (χ2n) is 5.26. The van der Waals surface area contributed by atoms with E-state index < -0.39 is 17.9 Å². The van der Waals surface area contributed by atoms with Crippen molar-refractivity contribution in [2.75, 3.05) is 14.2 Å². The first kappa shape index (κ1) is 18.1. The molecule has 130 valence electrons. The van der Waals surface area contributed by atoms with Crippen molar-refractivity contribution in [2.24, 2.45) is 0 Å². The van der Waals surface area contributed by atoms with E-state index in [-0.39, 0.29) is 5.56 Å². The van der Waals surface area contributed by atoms with Gasteiger partial charge in [0.1, 0.15) is 11.5 Å². The zero-order valence-corrected chi connectivity index (χ0v) is 13.8. The van der Waals surface area contributed by atoms with Crippen LogP contribution >= 0.6 is 0 Å². The van der Waals surface area contributed by atoms with E-state index in [1.165, 1.54) is 12.1 Å². The summed E-state index contributed by atoms with van der Waals surface area (Å²) in [5.41, 5.74) is 1.90. The van der Waals surface area contributed by atoms with E-state index in [0.717, 1.165) is 11.1 Å². The minimum Gasteiger partial charge on any atom is -0.497 e. The van der Waals surface area contributed by atoms with E-state index in [0.29, 0.717) is 11.5 Å². The van der Waals surface area contributed by atoms with Crippen LogP contribution in [0.2, 0.25) is 0 Å². The Morgan fingerprint density at radius 3 is 1.76 bits per heavy atom. The van der Waals surface area contributed by atoms with Crippen molar-refractivity contribution in [3.8, 4) is 11.5 Å². The Balaban J connectivity index is 2.22. The Morgan fingerprint density at radius 2 is 1.32 bits per heavy atom. The molecule has 0 radical (unpaired) electrons. The molecule has 6 heteroatoms. The molecule has 0 amide bonds. The van der Waals surface area contributed by atoms with E-state index in [1.807, 2.05) is 24.3 Å². The predicted octanol–water partition coefficient (Wildman–Crippen LogP) is 3.13. The van der Waals surface area contributed by atoms with Gasteiger partial charge in [-0.2, -0.15) is 0 Å². The number of methoxy groups -OCH3 is 2. The van der Waals surface area contributed by atoms with E-state index in [4.69, 9.17) is 19.7 Å². The van der Waals surface area contributed by atoms with Crippen molar-refractivity contribution in [1.29, 1.82) is 0 Å². The van der Waals surface area contributed by atoms with E-state index in [9.17, 15) is 9.59 Å². The van der Waals surface area contributed by atoms with Crippen LogP contribution in [0.4, 0.5) is 0 Å². The number of carbonyl (C=O) groups is 2. The summed E-state index contributed by atoms with van der Waals surface area (Å²) in [6.07, 6.45) is 3.68. The average molecular weight is 342 g/mol. The maximum absolute atomic E-state index is 11.0. The third-order valence-corrected chi connectivity index (χ3v) is 3.61. The number of hydrogen-bond acceptors (Lipinski definition) is 4. The van der Waals surface area contributed by atoms with Crippen LogP contribution in [0, 0.1) is 0 Å². The van der Waals surface area contributed by atoms with Crippen LogP contribution in [0.3, 0.4) is 0 Å². The molecule has 0 bridgehead atoms. The van der Waals surface area contributed by atoms with Gasteiger partial charge in [0.25, 0.3) is 0 Å². The lowest BCUT2D eigenvalue weighted by atomic mass is 9.98. The zero-order chi connectivity index (χ0) is 18.4. The molecule has 0 saturated heterocycles. The van der Waals surface area contributed by atoms with Gasteiger partial charge >= 0.3 is 11.9 Å². The van der Waals surface area contributed by atoms with Gasteiger partial charge < -0.3 is 19.7 Å². The molecular weight excluding hydrogens is 324 g/mol. The molecular formula is C19H18O6. The third-order valence-electron chi connectivity index (χ3n) is 3.61. The molecule has 0 aromatic heterocycles. The third kappa shape index (κ3) is 4.60. The van der Waals surface area contributed by atoms with Crippen molar-refractivity contribution in [3.63, 3.8) is 0 Å². The van der Waals surface area contributed by atoms with Gasteiger partial charge in [-0.1, -0.05) is 36.4 Å². The van der Waals surface area contributed by atoms with Crippen molar-refractivity contribution in [2.45, 2.75) is 5.92 Å². The number of ether oxygens (including phenoxy) is 2. The van der Waals surface area contributed by atoms with E-state index in [2.05, 4.69) is 0 Å². The number of hydrogen-bond donors (Lipinski definition) is 2. The lowest BCUT2D eigenvalue weighted by Crippen LogP contribution is -2.20. The van der Waals surface area contributed by atoms with Gasteiger partial charge in [-0.25, -0.2) is 0 Å². The molecule has 0 atom stereocenters. The Bertz CT molecular complexity index is 756. The van der Waals surface area contributed by atoms with Crippen molar-refractivity contribution in [3.05, 3.63) is 59.2 Å². The summed E-state index contributed by atoms with van der Waals surface area (Å²) in [6.45, 7) is 0. The molecule has 0 unspecified atom stereocenters. The summed E-state index contributed by atoms with van der Waals surface area (Å²) in [5.74, 6) is -3.01. The molecule has 0 aliphatic carbocycles. The van der Waals surface area contributed by atoms with Crippen LogP contribution in [0.25, 0.3) is 12.2 Å². The van der Waals surface area contributed by atoms with E-state index in [1.54, 1.807) is 32.4 Å². The Hall–Kier alpha value is -3.28. The summed E-state index contributed by atoms with van der Waals surface area (Å²) < 4.78 is 10.4. The summed E-state index contributed by atoms with van der Waals surface area (Å²) in [5, 5.41) is 18.0. The second-order valence-corrected chi connectivity index (χ2v) is 5.26. The summed E-state index contributed by atoms with van der Waals surface area (Å²) in [7, 11) is 3.14. The topological polar surface area (TPSA) is 93.1 Å². The minimum atomic E-state index is -1.57. The normalized spacial score (nSPS) is 10.8. The fraction of sp³-hybridized carbons (Fsp3) is 0.158. The first-order valence-electron chi connectivity index (χ1n) is 7.41. The van der Waals surface area contributed by atoms with Gasteiger partial charge in [0.05, 0.1) is 14.2 Å². The molecule has 0 aliphatic heterocycles. The molecule has 0 fully saturated rings. The maximum atomic E-state index is 11.0. The standard InChI is InChI=1S/C19H18O6/c1-24-15-9-13(10-16(11-15)25-2)4-3-12-5-7-14(8-6-12)17(18(20)21)19(22)23/h3-11,17H,1-2H3,(H,20,21)(H,22,23). The lowest BCUT2D eigenvalue weighted by molar-refractivity contribution is -0.150. The predicted molar refractivity (Wildman–Crippen MR) is 92.9 cm³/mol. The molecule has 2 N–H and O–H groups in total. The fourth-order valence-electron chi connectivity index (χ4n) is 2.31. The lowest BCUT2D eigenvalue weighted by Gasteiger charge is -2.08. The molecule has 25 heavy (non-hydrogen) atoms. The van der Waals surface area contributed by atoms with E-state index >= 15 is 0 Å². The molecule has 2 rings (SSSR count). The maximum Gasteiger partial charge on any atom is 0.322 e. The molecule has 0 saturated carbocycles. The van der Waals surface area contributed by atoms with Crippen LogP contribution in [0.1, 0.15) is 22.6 Å². The summed E-state index contributed by atoms with van der Waals surface area (Å²) in [6, 6.07) is 11.8. The first-order chi connectivity index (χ1) is 11.9. The van der Waals surface area contributed by atoms with Gasteiger partial charge in [-0.05, 0) is 28.8 Å². The number of aliphatic carboxylic acids is 2. The van der Waals surface area contributed by atoms with Gasteiger partial charge in [-0.15, -0.1) is 0 Å².